The molecule has 1 aromatic rings. The summed E-state index contributed by atoms with van der Waals surface area (Å²) in [5.74, 6) is -4.55. The molecule has 0 aliphatic rings. The molecule has 0 bridgehead atoms. The molecule has 0 unspecified atom stereocenters. The summed E-state index contributed by atoms with van der Waals surface area (Å²) in [6, 6.07) is 2.46. The molecule has 0 amide bonds. The Morgan fingerprint density at radius 1 is 1.24 bits per heavy atom. The van der Waals surface area contributed by atoms with Gasteiger partial charge in [0.1, 0.15) is 11.3 Å². The quantitative estimate of drug-likeness (QED) is 0.644. The van der Waals surface area contributed by atoms with Crippen molar-refractivity contribution in [3.8, 4) is 5.75 Å². The number of hydrogen-bond donors (Lipinski definition) is 2. The van der Waals surface area contributed by atoms with Gasteiger partial charge in [0.25, 0.3) is 5.78 Å². The van der Waals surface area contributed by atoms with Gasteiger partial charge in [-0.2, -0.15) is 0 Å². The maximum Gasteiger partial charge on any atom is 0.377 e. The minimum atomic E-state index is -1.73. The zero-order chi connectivity index (χ0) is 13.2. The van der Waals surface area contributed by atoms with Gasteiger partial charge in [-0.1, -0.05) is 15.9 Å². The summed E-state index contributed by atoms with van der Waals surface area (Å²) in [5, 5.41) is 17.6. The summed E-state index contributed by atoms with van der Waals surface area (Å²) < 4.78 is 5.15. The Morgan fingerprint density at radius 2 is 1.82 bits per heavy atom. The molecule has 6 nitrogen and oxygen atoms in total. The fraction of sp³-hybridized carbons (Fsp3) is 0.100. The van der Waals surface area contributed by atoms with Crippen LogP contribution in [0.4, 0.5) is 0 Å². The average molecular weight is 303 g/mol. The highest BCUT2D eigenvalue weighted by molar-refractivity contribution is 9.10. The number of aromatic carboxylic acids is 1. The molecule has 1 rings (SSSR count). The molecular weight excluding hydrogens is 296 g/mol. The Hall–Kier alpha value is -1.89. The number of halogens is 1. The van der Waals surface area contributed by atoms with Gasteiger partial charge in [-0.25, -0.2) is 9.59 Å². The second kappa shape index (κ2) is 4.96. The highest BCUT2D eigenvalue weighted by Gasteiger charge is 2.26. The first-order valence-corrected chi connectivity index (χ1v) is 5.06. The summed E-state index contributed by atoms with van der Waals surface area (Å²) in [6.07, 6.45) is 0. The monoisotopic (exact) mass is 302 g/mol. The number of aliphatic carboxylic acids is 1. The van der Waals surface area contributed by atoms with E-state index in [4.69, 9.17) is 14.9 Å². The van der Waals surface area contributed by atoms with Gasteiger partial charge in [0.2, 0.25) is 0 Å². The molecule has 0 radical (unpaired) electrons. The Bertz CT molecular complexity index is 508. The van der Waals surface area contributed by atoms with Gasteiger partial charge in [-0.15, -0.1) is 0 Å². The molecule has 0 spiro atoms. The summed E-state index contributed by atoms with van der Waals surface area (Å²) in [6.45, 7) is 0. The maximum absolute atomic E-state index is 11.4. The zero-order valence-electron chi connectivity index (χ0n) is 8.56. The van der Waals surface area contributed by atoms with E-state index in [0.717, 1.165) is 6.07 Å². The Labute approximate surface area is 104 Å². The van der Waals surface area contributed by atoms with Crippen LogP contribution in [0.3, 0.4) is 0 Å². The number of benzene rings is 1. The van der Waals surface area contributed by atoms with Crippen LogP contribution in [0.5, 0.6) is 5.75 Å². The van der Waals surface area contributed by atoms with Crippen molar-refractivity contribution in [2.24, 2.45) is 0 Å². The van der Waals surface area contributed by atoms with E-state index in [9.17, 15) is 14.4 Å². The summed E-state index contributed by atoms with van der Waals surface area (Å²) >= 11 is 3.04. The van der Waals surface area contributed by atoms with E-state index in [0.29, 0.717) is 4.47 Å². The zero-order valence-corrected chi connectivity index (χ0v) is 10.1. The minimum absolute atomic E-state index is 0.0866. The smallest absolute Gasteiger partial charge is 0.377 e. The van der Waals surface area contributed by atoms with Gasteiger partial charge in [0.05, 0.1) is 7.11 Å². The van der Waals surface area contributed by atoms with Crippen LogP contribution in [0.2, 0.25) is 0 Å². The molecule has 0 aliphatic carbocycles. The van der Waals surface area contributed by atoms with Crippen LogP contribution >= 0.6 is 15.9 Å². The van der Waals surface area contributed by atoms with E-state index in [-0.39, 0.29) is 5.75 Å². The summed E-state index contributed by atoms with van der Waals surface area (Å²) in [5.41, 5.74) is -0.903. The van der Waals surface area contributed by atoms with Crippen LogP contribution in [0.25, 0.3) is 0 Å². The van der Waals surface area contributed by atoms with Crippen LogP contribution in [0.15, 0.2) is 16.6 Å². The molecule has 0 saturated carbocycles. The third-order valence-corrected chi connectivity index (χ3v) is 2.40. The predicted octanol–water partition coefficient (Wildman–Crippen LogP) is 1.42. The molecule has 0 saturated heterocycles. The molecule has 1 aromatic carbocycles. The Kier molecular flexibility index (Phi) is 3.84. The molecular formula is C10H7BrO6. The molecule has 0 atom stereocenters. The third kappa shape index (κ3) is 2.62. The number of Topliss-reactive ketones (excluding diaryl/α,β-unsaturated/α-hetero) is 1. The van der Waals surface area contributed by atoms with Crippen molar-refractivity contribution in [2.75, 3.05) is 7.11 Å². The van der Waals surface area contributed by atoms with E-state index in [2.05, 4.69) is 15.9 Å². The van der Waals surface area contributed by atoms with Gasteiger partial charge in [0, 0.05) is 10.0 Å². The molecule has 17 heavy (non-hydrogen) atoms. The van der Waals surface area contributed by atoms with Gasteiger partial charge in [-0.3, -0.25) is 4.79 Å². The standard InChI is InChI=1S/C10H7BrO6/c1-17-6-3-4(11)2-5(7(6)9(13)14)8(12)10(15)16/h2-3H,1H3,(H,13,14)(H,15,16). The van der Waals surface area contributed by atoms with Gasteiger partial charge < -0.3 is 14.9 Å². The highest BCUT2D eigenvalue weighted by atomic mass is 79.9. The van der Waals surface area contributed by atoms with Crippen molar-refractivity contribution < 1.29 is 29.3 Å². The number of carbonyl (C=O) groups is 3. The third-order valence-electron chi connectivity index (χ3n) is 1.94. The number of ether oxygens (including phenoxy) is 1. The first-order valence-electron chi connectivity index (χ1n) is 4.27. The first kappa shape index (κ1) is 13.2. The molecule has 7 heteroatoms. The Morgan fingerprint density at radius 3 is 2.24 bits per heavy atom. The number of rotatable bonds is 4. The predicted molar refractivity (Wildman–Crippen MR) is 59.6 cm³/mol. The molecule has 0 aromatic heterocycles. The van der Waals surface area contributed by atoms with Crippen molar-refractivity contribution >= 4 is 33.7 Å². The number of hydrogen-bond acceptors (Lipinski definition) is 4. The number of carboxylic acids is 2. The van der Waals surface area contributed by atoms with E-state index in [1.54, 1.807) is 0 Å². The van der Waals surface area contributed by atoms with Gasteiger partial charge >= 0.3 is 11.9 Å². The largest absolute Gasteiger partial charge is 0.496 e. The van der Waals surface area contributed by atoms with Crippen LogP contribution in [-0.4, -0.2) is 35.0 Å². The normalized spacial score (nSPS) is 9.76. The molecule has 0 aliphatic heterocycles. The van der Waals surface area contributed by atoms with E-state index in [1.165, 1.54) is 13.2 Å². The van der Waals surface area contributed by atoms with Crippen molar-refractivity contribution in [3.05, 3.63) is 27.7 Å². The lowest BCUT2D eigenvalue weighted by atomic mass is 10.0. The highest BCUT2D eigenvalue weighted by Crippen LogP contribution is 2.28. The second-order valence-electron chi connectivity index (χ2n) is 2.97. The second-order valence-corrected chi connectivity index (χ2v) is 3.89. The first-order chi connectivity index (χ1) is 7.88. The molecule has 90 valence electrons. The fourth-order valence-electron chi connectivity index (χ4n) is 1.26. The number of carboxylic acid groups (broad SMARTS) is 2. The van der Waals surface area contributed by atoms with E-state index >= 15 is 0 Å². The topological polar surface area (TPSA) is 101 Å². The van der Waals surface area contributed by atoms with Crippen molar-refractivity contribution in [2.45, 2.75) is 0 Å². The SMILES string of the molecule is COc1cc(Br)cc(C(=O)C(=O)O)c1C(=O)O. The molecule has 0 heterocycles. The van der Waals surface area contributed by atoms with Crippen molar-refractivity contribution in [1.82, 2.24) is 0 Å². The van der Waals surface area contributed by atoms with Crippen LogP contribution in [0.1, 0.15) is 20.7 Å². The molecule has 0 fully saturated rings. The summed E-state index contributed by atoms with van der Waals surface area (Å²) in [4.78, 5) is 32.9. The average Bonchev–Trinajstić information content (AvgIpc) is 2.25. The van der Waals surface area contributed by atoms with Gasteiger partial charge in [0.15, 0.2) is 0 Å². The fourth-order valence-corrected chi connectivity index (χ4v) is 1.69. The lowest BCUT2D eigenvalue weighted by Gasteiger charge is -2.09. The van der Waals surface area contributed by atoms with Crippen LogP contribution < -0.4 is 4.74 Å². The minimum Gasteiger partial charge on any atom is -0.496 e. The van der Waals surface area contributed by atoms with Crippen molar-refractivity contribution in [1.29, 1.82) is 0 Å². The number of methoxy groups -OCH3 is 1. The lowest BCUT2D eigenvalue weighted by Crippen LogP contribution is -2.18. The lowest BCUT2D eigenvalue weighted by molar-refractivity contribution is -0.131. The number of carbonyl (C=O) groups excluding carboxylic acids is 1. The van der Waals surface area contributed by atoms with Crippen molar-refractivity contribution in [3.63, 3.8) is 0 Å². The van der Waals surface area contributed by atoms with Crippen LogP contribution in [-0.2, 0) is 4.79 Å². The van der Waals surface area contributed by atoms with E-state index in [1.807, 2.05) is 0 Å². The Balaban J connectivity index is 3.57. The molecule has 2 N–H and O–H groups in total. The summed E-state index contributed by atoms with van der Waals surface area (Å²) in [7, 11) is 1.23. The number of ketones is 1. The van der Waals surface area contributed by atoms with Crippen LogP contribution in [0, 0.1) is 0 Å². The van der Waals surface area contributed by atoms with E-state index < -0.39 is 28.8 Å². The maximum atomic E-state index is 11.4. The van der Waals surface area contributed by atoms with Gasteiger partial charge in [-0.05, 0) is 12.1 Å².